The first kappa shape index (κ1) is 17.3. The molecule has 0 spiro atoms. The van der Waals surface area contributed by atoms with Crippen LogP contribution in [-0.2, 0) is 16.1 Å². The summed E-state index contributed by atoms with van der Waals surface area (Å²) < 4.78 is 29.3. The molecule has 3 aromatic rings. The summed E-state index contributed by atoms with van der Waals surface area (Å²) in [5.74, 6) is -0.591. The lowest BCUT2D eigenvalue weighted by atomic mass is 10.0. The average molecular weight is 359 g/mol. The molecule has 0 saturated heterocycles. The summed E-state index contributed by atoms with van der Waals surface area (Å²) in [4.78, 5) is 8.61. The molecule has 0 unspecified atom stereocenters. The van der Waals surface area contributed by atoms with Gasteiger partial charge < -0.3 is 5.11 Å². The fourth-order valence-electron chi connectivity index (χ4n) is 2.76. The van der Waals surface area contributed by atoms with Crippen LogP contribution in [-0.4, -0.2) is 31.8 Å². The van der Waals surface area contributed by atoms with E-state index in [-0.39, 0.29) is 5.75 Å². The van der Waals surface area contributed by atoms with E-state index in [9.17, 15) is 13.7 Å². The molecule has 0 amide bonds. The van der Waals surface area contributed by atoms with E-state index in [1.807, 2.05) is 13.0 Å². The van der Waals surface area contributed by atoms with Crippen molar-refractivity contribution in [1.82, 2.24) is 9.97 Å². The van der Waals surface area contributed by atoms with Crippen molar-refractivity contribution >= 4 is 26.3 Å². The molecule has 2 aromatic carbocycles. The Balaban J connectivity index is 2.12. The number of phenolic OH excluding ortho intramolecular Hbond substituents is 1. The van der Waals surface area contributed by atoms with E-state index >= 15 is 0 Å². The molecule has 130 valence electrons. The van der Waals surface area contributed by atoms with Crippen molar-refractivity contribution in [3.8, 4) is 5.75 Å². The van der Waals surface area contributed by atoms with Gasteiger partial charge in [0.2, 0.25) is 0 Å². The number of fused-ring (bicyclic) bond motifs is 1. The van der Waals surface area contributed by atoms with Crippen molar-refractivity contribution in [2.45, 2.75) is 13.3 Å². The lowest BCUT2D eigenvalue weighted by Crippen LogP contribution is -1.98. The first-order chi connectivity index (χ1) is 11.7. The molecule has 1 aromatic heterocycles. The van der Waals surface area contributed by atoms with Crippen LogP contribution in [0.2, 0.25) is 0 Å². The number of aryl methyl sites for hydroxylation is 1. The summed E-state index contributed by atoms with van der Waals surface area (Å²) in [7, 11) is -2.27. The van der Waals surface area contributed by atoms with E-state index in [0.29, 0.717) is 23.2 Å². The van der Waals surface area contributed by atoms with Gasteiger partial charge in [-0.1, -0.05) is 6.07 Å². The lowest BCUT2D eigenvalue weighted by molar-refractivity contribution is 0.463. The first-order valence-corrected chi connectivity index (χ1v) is 9.95. The van der Waals surface area contributed by atoms with E-state index in [1.54, 1.807) is 24.6 Å². The summed E-state index contributed by atoms with van der Waals surface area (Å²) in [5, 5.41) is 10.8. The number of benzene rings is 2. The van der Waals surface area contributed by atoms with Crippen LogP contribution in [0.5, 0.6) is 5.75 Å². The maximum Gasteiger partial charge on any atom is 0.126 e. The van der Waals surface area contributed by atoms with Crippen LogP contribution in [0.1, 0.15) is 16.8 Å². The third kappa shape index (κ3) is 3.93. The normalized spacial score (nSPS) is 11.7. The zero-order valence-electron chi connectivity index (χ0n) is 14.2. The Morgan fingerprint density at radius 1 is 1.20 bits per heavy atom. The van der Waals surface area contributed by atoms with E-state index in [2.05, 4.69) is 14.3 Å². The number of hydrogen-bond donors (Lipinski definition) is 1. The number of aromatic hydroxyl groups is 1. The molecule has 0 fully saturated rings. The minimum absolute atomic E-state index is 0.104. The second-order valence-electron chi connectivity index (χ2n) is 6.20. The van der Waals surface area contributed by atoms with Crippen molar-refractivity contribution in [3.05, 3.63) is 59.3 Å². The number of nitrogens with zero attached hydrogens (tertiary/aromatic N) is 3. The predicted octanol–water partition coefficient (Wildman–Crippen LogP) is 3.73. The van der Waals surface area contributed by atoms with E-state index in [0.717, 1.165) is 22.7 Å². The second kappa shape index (κ2) is 6.40. The van der Waals surface area contributed by atoms with Crippen LogP contribution >= 0.6 is 0 Å². The highest BCUT2D eigenvalue weighted by Gasteiger charge is 2.12. The highest BCUT2D eigenvalue weighted by atomic mass is 32.2. The highest BCUT2D eigenvalue weighted by molar-refractivity contribution is 7.92. The molecule has 0 aliphatic carbocycles. The molecule has 0 atom stereocenters. The van der Waals surface area contributed by atoms with Crippen molar-refractivity contribution in [3.63, 3.8) is 0 Å². The number of hydrogen-bond acceptors (Lipinski definition) is 5. The Morgan fingerprint density at radius 3 is 2.64 bits per heavy atom. The minimum Gasteiger partial charge on any atom is -0.508 e. The molecule has 0 radical (unpaired) electrons. The van der Waals surface area contributed by atoms with Crippen LogP contribution in [0.15, 0.2) is 41.0 Å². The smallest absolute Gasteiger partial charge is 0.126 e. The number of phenols is 1. The first-order valence-electron chi connectivity index (χ1n) is 7.62. The molecule has 3 rings (SSSR count). The third-order valence-corrected chi connectivity index (χ3v) is 4.38. The van der Waals surface area contributed by atoms with Gasteiger partial charge in [-0.15, -0.1) is 0 Å². The summed E-state index contributed by atoms with van der Waals surface area (Å²) in [5.41, 5.74) is 3.50. The van der Waals surface area contributed by atoms with Crippen LogP contribution in [0.25, 0.3) is 10.9 Å². The predicted molar refractivity (Wildman–Crippen MR) is 97.2 cm³/mol. The Hall–Kier alpha value is -2.54. The largest absolute Gasteiger partial charge is 0.508 e. The fourth-order valence-corrected chi connectivity index (χ4v) is 3.37. The van der Waals surface area contributed by atoms with Gasteiger partial charge in [0.25, 0.3) is 0 Å². The maximum absolute atomic E-state index is 13.2. The second-order valence-corrected chi connectivity index (χ2v) is 8.74. The summed E-state index contributed by atoms with van der Waals surface area (Å²) in [6.45, 7) is 1.91. The van der Waals surface area contributed by atoms with Gasteiger partial charge >= 0.3 is 0 Å². The molecular weight excluding hydrogens is 341 g/mol. The van der Waals surface area contributed by atoms with Gasteiger partial charge in [-0.2, -0.15) is 4.36 Å². The van der Waals surface area contributed by atoms with Crippen molar-refractivity contribution in [2.24, 2.45) is 4.36 Å². The Kier molecular flexibility index (Phi) is 4.43. The van der Waals surface area contributed by atoms with Gasteiger partial charge in [-0.3, -0.25) is 0 Å². The molecule has 1 heterocycles. The third-order valence-electron chi connectivity index (χ3n) is 3.73. The van der Waals surface area contributed by atoms with Gasteiger partial charge in [0.15, 0.2) is 0 Å². The molecule has 0 bridgehead atoms. The van der Waals surface area contributed by atoms with Gasteiger partial charge in [-0.05, 0) is 30.7 Å². The van der Waals surface area contributed by atoms with E-state index < -0.39 is 15.5 Å². The molecule has 25 heavy (non-hydrogen) atoms. The monoisotopic (exact) mass is 359 g/mol. The lowest BCUT2D eigenvalue weighted by Gasteiger charge is -2.10. The molecule has 0 aliphatic rings. The topological polar surface area (TPSA) is 75.4 Å². The SMILES string of the molecule is Cc1cc(N=S(C)(C)=O)cc2ncnc(Cc3ccc(F)cc3O)c12. The minimum atomic E-state index is -2.27. The Morgan fingerprint density at radius 2 is 1.96 bits per heavy atom. The van der Waals surface area contributed by atoms with E-state index in [1.165, 1.54) is 12.4 Å². The molecule has 5 nitrogen and oxygen atoms in total. The van der Waals surface area contributed by atoms with Crippen LogP contribution in [0.4, 0.5) is 10.1 Å². The Labute approximate surface area is 145 Å². The van der Waals surface area contributed by atoms with Crippen LogP contribution in [0, 0.1) is 12.7 Å². The molecular formula is C18H18FN3O2S. The number of halogens is 1. The van der Waals surface area contributed by atoms with Crippen molar-refractivity contribution < 1.29 is 13.7 Å². The van der Waals surface area contributed by atoms with Crippen molar-refractivity contribution in [1.29, 1.82) is 0 Å². The quantitative estimate of drug-likeness (QED) is 0.773. The van der Waals surface area contributed by atoms with E-state index in [4.69, 9.17) is 0 Å². The zero-order chi connectivity index (χ0) is 18.2. The summed E-state index contributed by atoms with van der Waals surface area (Å²) in [6.07, 6.45) is 4.95. The highest BCUT2D eigenvalue weighted by Crippen LogP contribution is 2.29. The van der Waals surface area contributed by atoms with Crippen LogP contribution < -0.4 is 0 Å². The van der Waals surface area contributed by atoms with Gasteiger partial charge in [0.05, 0.1) is 16.9 Å². The molecule has 1 N–H and O–H groups in total. The Bertz CT molecular complexity index is 1080. The molecule has 0 aliphatic heterocycles. The molecule has 7 heteroatoms. The summed E-state index contributed by atoms with van der Waals surface area (Å²) in [6, 6.07) is 7.54. The standard InChI is InChI=1S/C18H18FN3O2S/c1-11-6-14(22-25(2,3)24)9-16-18(11)15(20-10-21-16)7-12-4-5-13(19)8-17(12)23/h4-6,8-10,23H,7H2,1-3H3. The van der Waals surface area contributed by atoms with Crippen LogP contribution in [0.3, 0.4) is 0 Å². The summed E-state index contributed by atoms with van der Waals surface area (Å²) >= 11 is 0. The van der Waals surface area contributed by atoms with Gasteiger partial charge in [-0.25, -0.2) is 18.6 Å². The number of rotatable bonds is 3. The zero-order valence-corrected chi connectivity index (χ0v) is 15.0. The van der Waals surface area contributed by atoms with Gasteiger partial charge in [0.1, 0.15) is 17.9 Å². The maximum atomic E-state index is 13.2. The average Bonchev–Trinajstić information content (AvgIpc) is 2.48. The van der Waals surface area contributed by atoms with Gasteiger partial charge in [0, 0.05) is 45.7 Å². The van der Waals surface area contributed by atoms with Crippen molar-refractivity contribution in [2.75, 3.05) is 12.5 Å². The molecule has 0 saturated carbocycles. The fraction of sp³-hybridized carbons (Fsp3) is 0.222. The number of aromatic nitrogens is 2.